The Kier molecular flexibility index (Phi) is 6.09. The van der Waals surface area contributed by atoms with Gasteiger partial charge in [-0.1, -0.05) is 11.6 Å². The number of rotatable bonds is 5. The molecule has 4 rings (SSSR count). The Morgan fingerprint density at radius 2 is 1.77 bits per heavy atom. The third kappa shape index (κ3) is 4.49. The van der Waals surface area contributed by atoms with Crippen molar-refractivity contribution in [1.29, 1.82) is 0 Å². The van der Waals surface area contributed by atoms with Crippen molar-refractivity contribution in [3.05, 3.63) is 47.5 Å². The van der Waals surface area contributed by atoms with Crippen LogP contribution in [0.3, 0.4) is 0 Å². The van der Waals surface area contributed by atoms with E-state index in [-0.39, 0.29) is 15.9 Å². The molecule has 164 valence electrons. The number of carbonyl (C=O) groups excluding carboxylic acids is 1. The zero-order chi connectivity index (χ0) is 22.2. The third-order valence-corrected chi connectivity index (χ3v) is 7.38. The molecule has 2 N–H and O–H groups in total. The molecule has 0 bridgehead atoms. The van der Waals surface area contributed by atoms with Crippen molar-refractivity contribution in [2.24, 2.45) is 0 Å². The summed E-state index contributed by atoms with van der Waals surface area (Å²) in [5.74, 6) is -0.218. The number of sulfonamides is 1. The van der Waals surface area contributed by atoms with Crippen molar-refractivity contribution in [3.63, 3.8) is 0 Å². The molecule has 7 nitrogen and oxygen atoms in total. The van der Waals surface area contributed by atoms with Gasteiger partial charge in [0.05, 0.1) is 11.4 Å². The molecule has 1 atom stereocenters. The Morgan fingerprint density at radius 1 is 1.10 bits per heavy atom. The lowest BCUT2D eigenvalue weighted by molar-refractivity contribution is -0.117. The van der Waals surface area contributed by atoms with Gasteiger partial charge in [0.15, 0.2) is 5.11 Å². The maximum Gasteiger partial charge on any atom is 0.264 e. The van der Waals surface area contributed by atoms with E-state index in [2.05, 4.69) is 14.9 Å². The number of hydrogen-bond acceptors (Lipinski definition) is 5. The number of anilines is 3. The van der Waals surface area contributed by atoms with E-state index in [0.717, 1.165) is 32.4 Å². The Morgan fingerprint density at radius 3 is 2.39 bits per heavy atom. The average Bonchev–Trinajstić information content (AvgIpc) is 3.01. The molecule has 0 unspecified atom stereocenters. The fourth-order valence-corrected chi connectivity index (χ4v) is 5.63. The molecule has 1 amide bonds. The van der Waals surface area contributed by atoms with Gasteiger partial charge in [-0.2, -0.15) is 0 Å². The van der Waals surface area contributed by atoms with E-state index >= 15 is 0 Å². The summed E-state index contributed by atoms with van der Waals surface area (Å²) in [6.07, 6.45) is 3.13. The van der Waals surface area contributed by atoms with Crippen LogP contribution in [0.1, 0.15) is 26.2 Å². The highest BCUT2D eigenvalue weighted by atomic mass is 35.5. The van der Waals surface area contributed by atoms with Crippen molar-refractivity contribution in [2.45, 2.75) is 37.1 Å². The number of nitrogens with zero attached hydrogens (tertiary/aromatic N) is 2. The summed E-state index contributed by atoms with van der Waals surface area (Å²) in [5, 5.41) is 3.69. The number of piperidine rings is 1. The van der Waals surface area contributed by atoms with Gasteiger partial charge in [0.1, 0.15) is 10.9 Å². The standard InChI is InChI=1S/C21H23ClN4O3S2/c1-14-20(27)26(21(30)23-14)17-9-10-18(25-11-3-2-4-12-25)19(13-17)31(28,29)24-16-7-5-15(22)6-8-16/h5-10,13-14,24H,2-4,11-12H2,1H3,(H,23,30)/t14-/m0/s1. The smallest absolute Gasteiger partial charge is 0.264 e. The summed E-state index contributed by atoms with van der Waals surface area (Å²) in [6.45, 7) is 3.28. The molecule has 0 saturated carbocycles. The van der Waals surface area contributed by atoms with Crippen molar-refractivity contribution in [3.8, 4) is 0 Å². The molecule has 2 aliphatic rings. The quantitative estimate of drug-likeness (QED) is 0.637. The van der Waals surface area contributed by atoms with Gasteiger partial charge in [-0.15, -0.1) is 0 Å². The van der Waals surface area contributed by atoms with Crippen LogP contribution in [0.25, 0.3) is 0 Å². The van der Waals surface area contributed by atoms with Gasteiger partial charge in [-0.25, -0.2) is 8.42 Å². The van der Waals surface area contributed by atoms with Gasteiger partial charge in [0.2, 0.25) is 0 Å². The van der Waals surface area contributed by atoms with E-state index in [1.807, 2.05) is 0 Å². The molecule has 0 aliphatic carbocycles. The minimum absolute atomic E-state index is 0.108. The molecule has 0 spiro atoms. The van der Waals surface area contributed by atoms with Crippen molar-refractivity contribution >= 4 is 61.9 Å². The molecule has 31 heavy (non-hydrogen) atoms. The van der Waals surface area contributed by atoms with Gasteiger partial charge in [0.25, 0.3) is 15.9 Å². The minimum Gasteiger partial charge on any atom is -0.370 e. The van der Waals surface area contributed by atoms with E-state index < -0.39 is 16.1 Å². The molecular formula is C21H23ClN4O3S2. The zero-order valence-corrected chi connectivity index (χ0v) is 19.4. The average molecular weight is 479 g/mol. The van der Waals surface area contributed by atoms with Crippen LogP contribution in [0, 0.1) is 0 Å². The molecule has 2 aromatic rings. The zero-order valence-electron chi connectivity index (χ0n) is 17.0. The summed E-state index contributed by atoms with van der Waals surface area (Å²) in [4.78, 5) is 16.1. The van der Waals surface area contributed by atoms with Gasteiger partial charge in [0, 0.05) is 23.8 Å². The molecule has 2 heterocycles. The second-order valence-corrected chi connectivity index (χ2v) is 10.1. The predicted octanol–water partition coefficient (Wildman–Crippen LogP) is 3.74. The van der Waals surface area contributed by atoms with Crippen molar-refractivity contribution in [2.75, 3.05) is 27.6 Å². The highest BCUT2D eigenvalue weighted by Crippen LogP contribution is 2.34. The van der Waals surface area contributed by atoms with E-state index in [0.29, 0.717) is 22.1 Å². The van der Waals surface area contributed by atoms with E-state index in [9.17, 15) is 13.2 Å². The Labute approximate surface area is 192 Å². The molecule has 2 saturated heterocycles. The van der Waals surface area contributed by atoms with Crippen molar-refractivity contribution < 1.29 is 13.2 Å². The van der Waals surface area contributed by atoms with Crippen LogP contribution in [0.2, 0.25) is 5.02 Å². The number of thiocarbonyl (C=S) groups is 1. The minimum atomic E-state index is -3.94. The second kappa shape index (κ2) is 8.64. The Hall–Kier alpha value is -2.36. The Balaban J connectivity index is 1.77. The lowest BCUT2D eigenvalue weighted by Gasteiger charge is -2.31. The fraction of sp³-hybridized carbons (Fsp3) is 0.333. The molecule has 2 fully saturated rings. The lowest BCUT2D eigenvalue weighted by Crippen LogP contribution is -2.33. The van der Waals surface area contributed by atoms with E-state index in [1.165, 1.54) is 11.0 Å². The number of carbonyl (C=O) groups is 1. The first kappa shape index (κ1) is 21.9. The largest absolute Gasteiger partial charge is 0.370 e. The topological polar surface area (TPSA) is 81.8 Å². The number of halogens is 1. The second-order valence-electron chi connectivity index (χ2n) is 7.66. The molecule has 2 aromatic carbocycles. The van der Waals surface area contributed by atoms with Crippen LogP contribution < -0.4 is 19.8 Å². The van der Waals surface area contributed by atoms with Gasteiger partial charge in [-0.3, -0.25) is 14.4 Å². The van der Waals surface area contributed by atoms with Crippen LogP contribution in [-0.2, 0) is 14.8 Å². The van der Waals surface area contributed by atoms with Gasteiger partial charge in [-0.05, 0) is 80.9 Å². The van der Waals surface area contributed by atoms with E-state index in [1.54, 1.807) is 43.3 Å². The number of amides is 1. The summed E-state index contributed by atoms with van der Waals surface area (Å²) in [5.41, 5.74) is 1.44. The number of nitrogens with one attached hydrogen (secondary N) is 2. The number of hydrogen-bond donors (Lipinski definition) is 2. The van der Waals surface area contributed by atoms with Gasteiger partial charge >= 0.3 is 0 Å². The fourth-order valence-electron chi connectivity index (χ4n) is 3.83. The first-order valence-electron chi connectivity index (χ1n) is 10.1. The van der Waals surface area contributed by atoms with Crippen LogP contribution in [-0.4, -0.2) is 38.6 Å². The first-order chi connectivity index (χ1) is 14.8. The third-order valence-electron chi connectivity index (χ3n) is 5.42. The highest BCUT2D eigenvalue weighted by molar-refractivity contribution is 7.93. The maximum atomic E-state index is 13.4. The van der Waals surface area contributed by atoms with Gasteiger partial charge < -0.3 is 10.2 Å². The van der Waals surface area contributed by atoms with Crippen molar-refractivity contribution in [1.82, 2.24) is 5.32 Å². The van der Waals surface area contributed by atoms with E-state index in [4.69, 9.17) is 23.8 Å². The molecule has 0 radical (unpaired) electrons. The lowest BCUT2D eigenvalue weighted by atomic mass is 10.1. The summed E-state index contributed by atoms with van der Waals surface area (Å²) in [7, 11) is -3.94. The van der Waals surface area contributed by atoms with Crippen LogP contribution >= 0.6 is 23.8 Å². The Bertz CT molecular complexity index is 1120. The SMILES string of the molecule is C[C@@H]1NC(=S)N(c2ccc(N3CCCCC3)c(S(=O)(=O)Nc3ccc(Cl)cc3)c2)C1=O. The summed E-state index contributed by atoms with van der Waals surface area (Å²) >= 11 is 11.2. The number of benzene rings is 2. The predicted molar refractivity (Wildman–Crippen MR) is 127 cm³/mol. The normalized spacial score (nSPS) is 19.5. The monoisotopic (exact) mass is 478 g/mol. The molecule has 0 aromatic heterocycles. The molecular weight excluding hydrogens is 456 g/mol. The van der Waals surface area contributed by atoms with Crippen LogP contribution in [0.15, 0.2) is 47.4 Å². The summed E-state index contributed by atoms with van der Waals surface area (Å²) < 4.78 is 29.5. The summed E-state index contributed by atoms with van der Waals surface area (Å²) in [6, 6.07) is 11.0. The molecule has 10 heteroatoms. The van der Waals surface area contributed by atoms with Crippen LogP contribution in [0.4, 0.5) is 17.1 Å². The van der Waals surface area contributed by atoms with Crippen LogP contribution in [0.5, 0.6) is 0 Å². The maximum absolute atomic E-state index is 13.4. The molecule has 2 aliphatic heterocycles. The first-order valence-corrected chi connectivity index (χ1v) is 12.3. The highest BCUT2D eigenvalue weighted by Gasteiger charge is 2.35.